The third-order valence-electron chi connectivity index (χ3n) is 4.66. The Morgan fingerprint density at radius 2 is 2.04 bits per heavy atom. The molecule has 1 aliphatic rings. The molecule has 0 radical (unpaired) electrons. The van der Waals surface area contributed by atoms with Crippen molar-refractivity contribution in [2.45, 2.75) is 19.8 Å². The van der Waals surface area contributed by atoms with Crippen LogP contribution in [-0.2, 0) is 16.0 Å². The molecule has 1 unspecified atom stereocenters. The van der Waals surface area contributed by atoms with Crippen molar-refractivity contribution in [1.82, 2.24) is 10.2 Å². The molecule has 8 nitrogen and oxygen atoms in total. The van der Waals surface area contributed by atoms with E-state index in [9.17, 15) is 19.5 Å². The average Bonchev–Trinajstić information content (AvgIpc) is 3.05. The number of aliphatic carboxylic acids is 1. The summed E-state index contributed by atoms with van der Waals surface area (Å²) in [6.45, 7) is 2.64. The van der Waals surface area contributed by atoms with Crippen LogP contribution in [0, 0.1) is 5.41 Å². The van der Waals surface area contributed by atoms with E-state index in [4.69, 9.17) is 4.74 Å². The Morgan fingerprint density at radius 3 is 2.62 bits per heavy atom. The lowest BCUT2D eigenvalue weighted by Crippen LogP contribution is -2.41. The number of urea groups is 1. The van der Waals surface area contributed by atoms with E-state index in [1.807, 2.05) is 0 Å². The highest BCUT2D eigenvalue weighted by Crippen LogP contribution is 2.30. The van der Waals surface area contributed by atoms with Crippen LogP contribution in [0.25, 0.3) is 0 Å². The van der Waals surface area contributed by atoms with Gasteiger partial charge in [-0.3, -0.25) is 4.79 Å². The van der Waals surface area contributed by atoms with Gasteiger partial charge in [0.05, 0.1) is 25.2 Å². The second-order valence-electron chi connectivity index (χ2n) is 6.54. The molecule has 8 heteroatoms. The molecule has 0 aromatic heterocycles. The van der Waals surface area contributed by atoms with Gasteiger partial charge >= 0.3 is 18.0 Å². The largest absolute Gasteiger partial charge is 0.496 e. The zero-order chi connectivity index (χ0) is 19.3. The van der Waals surface area contributed by atoms with Crippen LogP contribution in [0.5, 0.6) is 5.75 Å². The van der Waals surface area contributed by atoms with Crippen molar-refractivity contribution in [3.05, 3.63) is 29.3 Å². The molecule has 1 aliphatic heterocycles. The molecule has 2 amide bonds. The lowest BCUT2D eigenvalue weighted by molar-refractivity contribution is -0.147. The summed E-state index contributed by atoms with van der Waals surface area (Å²) < 4.78 is 9.98. The highest BCUT2D eigenvalue weighted by molar-refractivity contribution is 5.90. The Labute approximate surface area is 152 Å². The van der Waals surface area contributed by atoms with Crippen molar-refractivity contribution in [2.24, 2.45) is 5.41 Å². The second kappa shape index (κ2) is 8.07. The number of nitrogens with one attached hydrogen (secondary N) is 1. The van der Waals surface area contributed by atoms with Gasteiger partial charge in [-0.05, 0) is 37.5 Å². The van der Waals surface area contributed by atoms with Gasteiger partial charge in [0.15, 0.2) is 0 Å². The third kappa shape index (κ3) is 4.25. The number of esters is 1. The topological polar surface area (TPSA) is 105 Å². The first-order valence-corrected chi connectivity index (χ1v) is 8.32. The van der Waals surface area contributed by atoms with Gasteiger partial charge in [-0.15, -0.1) is 0 Å². The molecule has 1 aromatic carbocycles. The van der Waals surface area contributed by atoms with Crippen LogP contribution in [0.4, 0.5) is 4.79 Å². The van der Waals surface area contributed by atoms with E-state index in [1.54, 1.807) is 25.1 Å². The van der Waals surface area contributed by atoms with Gasteiger partial charge in [-0.25, -0.2) is 9.59 Å². The summed E-state index contributed by atoms with van der Waals surface area (Å²) in [5.74, 6) is -0.788. The fourth-order valence-corrected chi connectivity index (χ4v) is 2.92. The van der Waals surface area contributed by atoms with Crippen LogP contribution >= 0.6 is 0 Å². The monoisotopic (exact) mass is 364 g/mol. The Kier molecular flexibility index (Phi) is 6.07. The van der Waals surface area contributed by atoms with Crippen molar-refractivity contribution < 1.29 is 29.0 Å². The molecular weight excluding hydrogens is 340 g/mol. The first kappa shape index (κ1) is 19.6. The van der Waals surface area contributed by atoms with E-state index in [0.717, 1.165) is 5.56 Å². The lowest BCUT2D eigenvalue weighted by atomic mass is 9.90. The zero-order valence-electron chi connectivity index (χ0n) is 15.2. The predicted molar refractivity (Wildman–Crippen MR) is 93.4 cm³/mol. The number of rotatable bonds is 6. The first-order chi connectivity index (χ1) is 12.3. The van der Waals surface area contributed by atoms with Crippen LogP contribution < -0.4 is 10.1 Å². The number of ether oxygens (including phenoxy) is 2. The maximum Gasteiger partial charge on any atom is 0.337 e. The third-order valence-corrected chi connectivity index (χ3v) is 4.66. The maximum absolute atomic E-state index is 12.2. The summed E-state index contributed by atoms with van der Waals surface area (Å²) in [4.78, 5) is 36.5. The molecule has 1 saturated heterocycles. The van der Waals surface area contributed by atoms with Gasteiger partial charge in [-0.2, -0.15) is 0 Å². The number of carboxylic acid groups (broad SMARTS) is 1. The van der Waals surface area contributed by atoms with Crippen LogP contribution in [-0.4, -0.2) is 61.8 Å². The van der Waals surface area contributed by atoms with Crippen molar-refractivity contribution in [3.8, 4) is 5.75 Å². The van der Waals surface area contributed by atoms with Crippen molar-refractivity contribution in [1.29, 1.82) is 0 Å². The highest BCUT2D eigenvalue weighted by atomic mass is 16.5. The van der Waals surface area contributed by atoms with E-state index in [0.29, 0.717) is 37.2 Å². The Bertz CT molecular complexity index is 705. The number of carbonyl (C=O) groups is 3. The standard InChI is InChI=1S/C18H24N2O6/c1-18(16(22)23)7-9-20(11-18)17(24)19-8-6-12-4-5-13(15(21)26-3)10-14(12)25-2/h4-5,10H,6-9,11H2,1-3H3,(H,19,24)(H,22,23). The van der Waals surface area contributed by atoms with Crippen molar-refractivity contribution in [2.75, 3.05) is 33.9 Å². The van der Waals surface area contributed by atoms with Gasteiger partial charge < -0.3 is 24.8 Å². The number of likely N-dealkylation sites (tertiary alicyclic amines) is 1. The fraction of sp³-hybridized carbons (Fsp3) is 0.500. The molecule has 1 atom stereocenters. The minimum Gasteiger partial charge on any atom is -0.496 e. The Balaban J connectivity index is 1.90. The number of methoxy groups -OCH3 is 2. The molecule has 142 valence electrons. The Morgan fingerprint density at radius 1 is 1.31 bits per heavy atom. The van der Waals surface area contributed by atoms with Crippen LogP contribution in [0.3, 0.4) is 0 Å². The van der Waals surface area contributed by atoms with Crippen LogP contribution in [0.15, 0.2) is 18.2 Å². The summed E-state index contributed by atoms with van der Waals surface area (Å²) in [6.07, 6.45) is 0.957. The minimum absolute atomic E-state index is 0.200. The molecule has 0 saturated carbocycles. The summed E-state index contributed by atoms with van der Waals surface area (Å²) in [5, 5.41) is 12.0. The summed E-state index contributed by atoms with van der Waals surface area (Å²) in [5.41, 5.74) is 0.351. The molecule has 2 rings (SSSR count). The van der Waals surface area contributed by atoms with E-state index in [1.165, 1.54) is 19.1 Å². The number of hydrogen-bond acceptors (Lipinski definition) is 5. The number of benzene rings is 1. The fourth-order valence-electron chi connectivity index (χ4n) is 2.92. The number of carboxylic acids is 1. The minimum atomic E-state index is -0.886. The molecule has 1 heterocycles. The number of hydrogen-bond donors (Lipinski definition) is 2. The van der Waals surface area contributed by atoms with Gasteiger partial charge in [0.25, 0.3) is 0 Å². The summed E-state index contributed by atoms with van der Waals surface area (Å²) >= 11 is 0. The molecule has 26 heavy (non-hydrogen) atoms. The molecule has 0 aliphatic carbocycles. The van der Waals surface area contributed by atoms with E-state index < -0.39 is 17.4 Å². The van der Waals surface area contributed by atoms with Gasteiger partial charge in [-0.1, -0.05) is 6.07 Å². The number of amides is 2. The molecule has 0 bridgehead atoms. The van der Waals surface area contributed by atoms with E-state index in [2.05, 4.69) is 10.1 Å². The van der Waals surface area contributed by atoms with Crippen LogP contribution in [0.1, 0.15) is 29.3 Å². The number of carbonyl (C=O) groups excluding carboxylic acids is 2. The molecule has 2 N–H and O–H groups in total. The highest BCUT2D eigenvalue weighted by Gasteiger charge is 2.42. The predicted octanol–water partition coefficient (Wildman–Crippen LogP) is 1.53. The molecule has 1 fully saturated rings. The lowest BCUT2D eigenvalue weighted by Gasteiger charge is -2.20. The van der Waals surface area contributed by atoms with Gasteiger partial charge in [0, 0.05) is 19.6 Å². The van der Waals surface area contributed by atoms with Crippen molar-refractivity contribution >= 4 is 18.0 Å². The maximum atomic E-state index is 12.2. The van der Waals surface area contributed by atoms with Gasteiger partial charge in [0.1, 0.15) is 5.75 Å². The summed E-state index contributed by atoms with van der Waals surface area (Å²) in [7, 11) is 2.82. The van der Waals surface area contributed by atoms with Crippen LogP contribution in [0.2, 0.25) is 0 Å². The molecule has 0 spiro atoms. The van der Waals surface area contributed by atoms with E-state index >= 15 is 0 Å². The summed E-state index contributed by atoms with van der Waals surface area (Å²) in [6, 6.07) is 4.72. The average molecular weight is 364 g/mol. The zero-order valence-corrected chi connectivity index (χ0v) is 15.2. The van der Waals surface area contributed by atoms with E-state index in [-0.39, 0.29) is 12.6 Å². The number of nitrogens with zero attached hydrogens (tertiary/aromatic N) is 1. The quantitative estimate of drug-likeness (QED) is 0.742. The SMILES string of the molecule is COC(=O)c1ccc(CCNC(=O)N2CCC(C)(C(=O)O)C2)c(OC)c1. The second-order valence-corrected chi connectivity index (χ2v) is 6.54. The molecule has 1 aromatic rings. The Hall–Kier alpha value is -2.77. The smallest absolute Gasteiger partial charge is 0.337 e. The van der Waals surface area contributed by atoms with Crippen molar-refractivity contribution in [3.63, 3.8) is 0 Å². The van der Waals surface area contributed by atoms with Gasteiger partial charge in [0.2, 0.25) is 0 Å². The molecular formula is C18H24N2O6. The normalized spacial score (nSPS) is 19.1. The first-order valence-electron chi connectivity index (χ1n) is 8.32.